The summed E-state index contributed by atoms with van der Waals surface area (Å²) in [6.45, 7) is 0.853. The molecule has 3 rings (SSSR count). The summed E-state index contributed by atoms with van der Waals surface area (Å²) in [5.41, 5.74) is 0.832. The number of piperidine rings is 1. The van der Waals surface area contributed by atoms with Crippen LogP contribution in [0.4, 0.5) is 0 Å². The summed E-state index contributed by atoms with van der Waals surface area (Å²) in [7, 11) is 0. The zero-order chi connectivity index (χ0) is 15.5. The highest BCUT2D eigenvalue weighted by atomic mass is 16.4. The number of aliphatic carboxylic acids is 1. The number of likely N-dealkylation sites (tertiary alicyclic amines) is 1. The van der Waals surface area contributed by atoms with Crippen molar-refractivity contribution in [2.75, 3.05) is 13.1 Å². The first-order valence-electron chi connectivity index (χ1n) is 7.14. The lowest BCUT2D eigenvalue weighted by Crippen LogP contribution is -2.40. The average molecular weight is 300 g/mol. The lowest BCUT2D eigenvalue weighted by Gasteiger charge is -2.29. The highest BCUT2D eigenvalue weighted by Gasteiger charge is 2.29. The second-order valence-electron chi connectivity index (χ2n) is 5.25. The van der Waals surface area contributed by atoms with Gasteiger partial charge in [0.2, 0.25) is 5.82 Å². The van der Waals surface area contributed by atoms with Crippen LogP contribution in [0.2, 0.25) is 0 Å². The Balaban J connectivity index is 1.69. The van der Waals surface area contributed by atoms with Crippen molar-refractivity contribution in [2.24, 2.45) is 5.92 Å². The molecule has 22 heavy (non-hydrogen) atoms. The Bertz CT molecular complexity index is 675. The van der Waals surface area contributed by atoms with Gasteiger partial charge in [0.05, 0.1) is 11.6 Å². The maximum absolute atomic E-state index is 12.4. The molecule has 1 aromatic heterocycles. The van der Waals surface area contributed by atoms with Gasteiger partial charge in [-0.1, -0.05) is 18.2 Å². The second kappa shape index (κ2) is 5.97. The Morgan fingerprint density at radius 2 is 1.82 bits per heavy atom. The molecule has 1 amide bonds. The van der Waals surface area contributed by atoms with E-state index in [4.69, 9.17) is 5.11 Å². The highest BCUT2D eigenvalue weighted by Crippen LogP contribution is 2.18. The molecule has 1 fully saturated rings. The van der Waals surface area contributed by atoms with E-state index in [9.17, 15) is 9.59 Å². The van der Waals surface area contributed by atoms with Crippen LogP contribution in [-0.4, -0.2) is 49.7 Å². The summed E-state index contributed by atoms with van der Waals surface area (Å²) in [6.07, 6.45) is 2.45. The smallest absolute Gasteiger partial charge is 0.306 e. The monoisotopic (exact) mass is 300 g/mol. The van der Waals surface area contributed by atoms with E-state index in [1.54, 1.807) is 9.58 Å². The molecule has 0 atom stereocenters. The summed E-state index contributed by atoms with van der Waals surface area (Å²) in [5.74, 6) is -1.27. The number of carboxylic acids is 1. The molecule has 0 saturated carbocycles. The van der Waals surface area contributed by atoms with Crippen LogP contribution in [0.1, 0.15) is 23.5 Å². The first-order chi connectivity index (χ1) is 10.6. The number of aromatic nitrogens is 3. The van der Waals surface area contributed by atoms with E-state index in [1.807, 2.05) is 30.3 Å². The summed E-state index contributed by atoms with van der Waals surface area (Å²) in [6, 6.07) is 9.42. The number of carbonyl (C=O) groups excluding carboxylic acids is 1. The molecular weight excluding hydrogens is 284 g/mol. The standard InChI is InChI=1S/C15H16N4O3/c20-14(18-8-6-11(7-9-18)15(21)22)13-16-10-19(17-13)12-4-2-1-3-5-12/h1-5,10-11H,6-9H2,(H,21,22). The predicted octanol–water partition coefficient (Wildman–Crippen LogP) is 1.20. The number of hydrogen-bond acceptors (Lipinski definition) is 4. The van der Waals surface area contributed by atoms with E-state index in [-0.39, 0.29) is 17.6 Å². The molecule has 0 bridgehead atoms. The Morgan fingerprint density at radius 1 is 1.14 bits per heavy atom. The largest absolute Gasteiger partial charge is 0.481 e. The molecule has 7 heteroatoms. The number of nitrogens with zero attached hydrogens (tertiary/aromatic N) is 4. The van der Waals surface area contributed by atoms with Crippen molar-refractivity contribution in [1.29, 1.82) is 0 Å². The Hall–Kier alpha value is -2.70. The number of para-hydroxylation sites is 1. The molecule has 2 heterocycles. The SMILES string of the molecule is O=C(O)C1CCN(C(=O)c2ncn(-c3ccccc3)n2)CC1. The summed E-state index contributed by atoms with van der Waals surface area (Å²) < 4.78 is 1.55. The van der Waals surface area contributed by atoms with Gasteiger partial charge < -0.3 is 10.0 Å². The van der Waals surface area contributed by atoms with Crippen molar-refractivity contribution in [1.82, 2.24) is 19.7 Å². The van der Waals surface area contributed by atoms with Crippen LogP contribution in [0.3, 0.4) is 0 Å². The topological polar surface area (TPSA) is 88.3 Å². The van der Waals surface area contributed by atoms with Gasteiger partial charge in [-0.05, 0) is 25.0 Å². The van der Waals surface area contributed by atoms with Crippen LogP contribution in [0, 0.1) is 5.92 Å². The van der Waals surface area contributed by atoms with Crippen LogP contribution in [0.5, 0.6) is 0 Å². The maximum atomic E-state index is 12.4. The van der Waals surface area contributed by atoms with Crippen molar-refractivity contribution in [2.45, 2.75) is 12.8 Å². The molecular formula is C15H16N4O3. The number of benzene rings is 1. The Labute approximate surface area is 127 Å². The molecule has 7 nitrogen and oxygen atoms in total. The normalized spacial score (nSPS) is 15.7. The zero-order valence-corrected chi connectivity index (χ0v) is 11.9. The number of carboxylic acid groups (broad SMARTS) is 1. The molecule has 1 saturated heterocycles. The Kier molecular flexibility index (Phi) is 3.86. The van der Waals surface area contributed by atoms with Crippen LogP contribution >= 0.6 is 0 Å². The number of rotatable bonds is 3. The van der Waals surface area contributed by atoms with Crippen molar-refractivity contribution in [3.8, 4) is 5.69 Å². The minimum absolute atomic E-state index is 0.137. The first kappa shape index (κ1) is 14.2. The third kappa shape index (κ3) is 2.83. The molecule has 1 aliphatic heterocycles. The average Bonchev–Trinajstić information content (AvgIpc) is 3.05. The zero-order valence-electron chi connectivity index (χ0n) is 11.9. The summed E-state index contributed by atoms with van der Waals surface area (Å²) >= 11 is 0. The van der Waals surface area contributed by atoms with Crippen molar-refractivity contribution in [3.05, 3.63) is 42.5 Å². The molecule has 0 radical (unpaired) electrons. The van der Waals surface area contributed by atoms with Gasteiger partial charge in [0.25, 0.3) is 5.91 Å². The van der Waals surface area contributed by atoms with E-state index in [0.717, 1.165) is 5.69 Å². The maximum Gasteiger partial charge on any atom is 0.306 e. The van der Waals surface area contributed by atoms with E-state index in [0.29, 0.717) is 25.9 Å². The molecule has 0 aliphatic carbocycles. The van der Waals surface area contributed by atoms with E-state index >= 15 is 0 Å². The Morgan fingerprint density at radius 3 is 2.45 bits per heavy atom. The lowest BCUT2D eigenvalue weighted by atomic mass is 9.97. The minimum Gasteiger partial charge on any atom is -0.481 e. The van der Waals surface area contributed by atoms with Crippen LogP contribution in [-0.2, 0) is 4.79 Å². The molecule has 0 spiro atoms. The van der Waals surface area contributed by atoms with Gasteiger partial charge in [-0.25, -0.2) is 9.67 Å². The first-order valence-corrected chi connectivity index (χ1v) is 7.14. The summed E-state index contributed by atoms with van der Waals surface area (Å²) in [5, 5.41) is 13.2. The molecule has 114 valence electrons. The predicted molar refractivity (Wildman–Crippen MR) is 77.6 cm³/mol. The molecule has 1 N–H and O–H groups in total. The van der Waals surface area contributed by atoms with Gasteiger partial charge in [0.1, 0.15) is 6.33 Å². The lowest BCUT2D eigenvalue weighted by molar-refractivity contribution is -0.143. The van der Waals surface area contributed by atoms with Crippen molar-refractivity contribution >= 4 is 11.9 Å². The fraction of sp³-hybridized carbons (Fsp3) is 0.333. The van der Waals surface area contributed by atoms with E-state index < -0.39 is 5.97 Å². The van der Waals surface area contributed by atoms with Crippen molar-refractivity contribution in [3.63, 3.8) is 0 Å². The van der Waals surface area contributed by atoms with Gasteiger partial charge in [-0.15, -0.1) is 5.10 Å². The van der Waals surface area contributed by atoms with Crippen LogP contribution in [0.15, 0.2) is 36.7 Å². The van der Waals surface area contributed by atoms with Gasteiger partial charge in [0.15, 0.2) is 0 Å². The fourth-order valence-corrected chi connectivity index (χ4v) is 2.54. The van der Waals surface area contributed by atoms with Crippen LogP contribution < -0.4 is 0 Å². The second-order valence-corrected chi connectivity index (χ2v) is 5.25. The van der Waals surface area contributed by atoms with Gasteiger partial charge in [-0.3, -0.25) is 9.59 Å². The molecule has 2 aromatic rings. The van der Waals surface area contributed by atoms with Gasteiger partial charge >= 0.3 is 5.97 Å². The van der Waals surface area contributed by atoms with Crippen LogP contribution in [0.25, 0.3) is 5.69 Å². The van der Waals surface area contributed by atoms with E-state index in [1.165, 1.54) is 6.33 Å². The van der Waals surface area contributed by atoms with E-state index in [2.05, 4.69) is 10.1 Å². The number of hydrogen-bond donors (Lipinski definition) is 1. The molecule has 1 aliphatic rings. The molecule has 1 aromatic carbocycles. The number of amides is 1. The third-order valence-corrected chi connectivity index (χ3v) is 3.84. The fourth-order valence-electron chi connectivity index (χ4n) is 2.54. The van der Waals surface area contributed by atoms with Gasteiger partial charge in [-0.2, -0.15) is 0 Å². The summed E-state index contributed by atoms with van der Waals surface area (Å²) in [4.78, 5) is 29.0. The molecule has 0 unspecified atom stereocenters. The van der Waals surface area contributed by atoms with Gasteiger partial charge in [0, 0.05) is 13.1 Å². The van der Waals surface area contributed by atoms with Crippen molar-refractivity contribution < 1.29 is 14.7 Å². The minimum atomic E-state index is -0.793. The third-order valence-electron chi connectivity index (χ3n) is 3.84. The highest BCUT2D eigenvalue weighted by molar-refractivity contribution is 5.90. The quantitative estimate of drug-likeness (QED) is 0.920. The number of carbonyl (C=O) groups is 2.